The van der Waals surface area contributed by atoms with Gasteiger partial charge in [0.25, 0.3) is 5.56 Å². The topological polar surface area (TPSA) is 34.9 Å². The maximum absolute atomic E-state index is 12.9. The van der Waals surface area contributed by atoms with Gasteiger partial charge in [-0.1, -0.05) is 36.8 Å². The molecule has 0 unspecified atom stereocenters. The first-order valence-electron chi connectivity index (χ1n) is 7.30. The smallest absolute Gasteiger partial charge is 0.262 e. The normalized spacial score (nSPS) is 11.2. The first-order chi connectivity index (χ1) is 10.6. The lowest BCUT2D eigenvalue weighted by molar-refractivity contribution is 0.441. The van der Waals surface area contributed by atoms with Crippen LogP contribution in [0.25, 0.3) is 21.6 Å². The molecule has 0 aliphatic heterocycles. The Morgan fingerprint density at radius 2 is 2.00 bits per heavy atom. The number of hydrogen-bond acceptors (Lipinski definition) is 3. The van der Waals surface area contributed by atoms with E-state index in [0.29, 0.717) is 11.2 Å². The summed E-state index contributed by atoms with van der Waals surface area (Å²) in [6.45, 7) is 3.49. The highest BCUT2D eigenvalue weighted by Crippen LogP contribution is 2.25. The van der Waals surface area contributed by atoms with E-state index in [9.17, 15) is 9.18 Å². The van der Waals surface area contributed by atoms with Crippen LogP contribution in [0, 0.1) is 6.92 Å². The van der Waals surface area contributed by atoms with Gasteiger partial charge < -0.3 is 0 Å². The van der Waals surface area contributed by atoms with Gasteiger partial charge in [-0.15, -0.1) is 11.3 Å². The predicted molar refractivity (Wildman–Crippen MR) is 89.4 cm³/mol. The molecule has 0 radical (unpaired) electrons. The first-order valence-corrected chi connectivity index (χ1v) is 8.12. The molecule has 3 nitrogen and oxygen atoms in total. The van der Waals surface area contributed by atoms with E-state index in [2.05, 4.69) is 4.98 Å². The van der Waals surface area contributed by atoms with E-state index in [4.69, 9.17) is 0 Å². The maximum atomic E-state index is 12.9. The molecule has 2 aromatic heterocycles. The van der Waals surface area contributed by atoms with Crippen molar-refractivity contribution >= 4 is 21.6 Å². The summed E-state index contributed by atoms with van der Waals surface area (Å²) in [5.41, 5.74) is 1.81. The minimum Gasteiger partial charge on any atom is -0.289 e. The summed E-state index contributed by atoms with van der Waals surface area (Å²) in [6, 6.07) is 9.66. The summed E-state index contributed by atoms with van der Waals surface area (Å²) in [5, 5.41) is 0.589. The third-order valence-electron chi connectivity index (χ3n) is 3.67. The number of aromatic nitrogens is 2. The van der Waals surface area contributed by atoms with E-state index in [1.54, 1.807) is 0 Å². The third kappa shape index (κ3) is 2.57. The number of halogens is 1. The van der Waals surface area contributed by atoms with E-state index in [-0.39, 0.29) is 12.1 Å². The second-order valence-electron chi connectivity index (χ2n) is 5.23. The molecule has 0 saturated carbocycles. The Morgan fingerprint density at radius 1 is 1.27 bits per heavy atom. The fourth-order valence-electron chi connectivity index (χ4n) is 2.45. The second kappa shape index (κ2) is 6.01. The number of nitrogens with zero attached hydrogens (tertiary/aromatic N) is 2. The van der Waals surface area contributed by atoms with Gasteiger partial charge in [0.05, 0.1) is 11.9 Å². The van der Waals surface area contributed by atoms with E-state index < -0.39 is 6.67 Å². The number of rotatable bonds is 4. The molecule has 0 atom stereocenters. The van der Waals surface area contributed by atoms with Gasteiger partial charge in [0.15, 0.2) is 0 Å². The molecule has 0 saturated heterocycles. The van der Waals surface area contributed by atoms with Crippen LogP contribution in [0.5, 0.6) is 0 Å². The molecule has 3 rings (SSSR count). The van der Waals surface area contributed by atoms with E-state index >= 15 is 0 Å². The molecule has 5 heteroatoms. The first kappa shape index (κ1) is 14.9. The standard InChI is InChI=1S/C17H17FN2OS/c1-3-13-10-14-16(22-13)19-15(20(9-8-18)17(14)21)12-6-4-11(2)5-7-12/h4-7,10H,3,8-9H2,1-2H3. The van der Waals surface area contributed by atoms with E-state index in [0.717, 1.165) is 27.3 Å². The van der Waals surface area contributed by atoms with Gasteiger partial charge in [0, 0.05) is 10.4 Å². The Labute approximate surface area is 132 Å². The summed E-state index contributed by atoms with van der Waals surface area (Å²) in [4.78, 5) is 19.2. The van der Waals surface area contributed by atoms with Gasteiger partial charge in [0.2, 0.25) is 0 Å². The van der Waals surface area contributed by atoms with Crippen LogP contribution in [0.15, 0.2) is 35.1 Å². The Hall–Kier alpha value is -2.01. The zero-order valence-corrected chi connectivity index (χ0v) is 13.4. The molecular formula is C17H17FN2OS. The van der Waals surface area contributed by atoms with Crippen molar-refractivity contribution in [2.45, 2.75) is 26.8 Å². The highest BCUT2D eigenvalue weighted by Gasteiger charge is 2.15. The van der Waals surface area contributed by atoms with Crippen molar-refractivity contribution in [1.82, 2.24) is 9.55 Å². The Balaban J connectivity index is 2.29. The molecule has 2 heterocycles. The fourth-order valence-corrected chi connectivity index (χ4v) is 3.41. The summed E-state index contributed by atoms with van der Waals surface area (Å²) >= 11 is 1.53. The van der Waals surface area contributed by atoms with E-state index in [1.807, 2.05) is 44.2 Å². The van der Waals surface area contributed by atoms with Gasteiger partial charge in [-0.05, 0) is 19.4 Å². The molecular weight excluding hydrogens is 299 g/mol. The molecule has 0 aliphatic rings. The van der Waals surface area contributed by atoms with Crippen molar-refractivity contribution in [2.75, 3.05) is 6.67 Å². The van der Waals surface area contributed by atoms with Gasteiger partial charge in [-0.3, -0.25) is 9.36 Å². The molecule has 1 aromatic carbocycles. The highest BCUT2D eigenvalue weighted by molar-refractivity contribution is 7.18. The Bertz CT molecular complexity index is 865. The molecule has 0 bridgehead atoms. The van der Waals surface area contributed by atoms with Crippen molar-refractivity contribution < 1.29 is 4.39 Å². The maximum Gasteiger partial charge on any atom is 0.262 e. The van der Waals surface area contributed by atoms with Crippen LogP contribution in [-0.2, 0) is 13.0 Å². The van der Waals surface area contributed by atoms with Gasteiger partial charge in [-0.25, -0.2) is 9.37 Å². The van der Waals surface area contributed by atoms with E-state index in [1.165, 1.54) is 15.9 Å². The van der Waals surface area contributed by atoms with Crippen molar-refractivity contribution in [3.8, 4) is 11.4 Å². The monoisotopic (exact) mass is 316 g/mol. The molecule has 0 fully saturated rings. The average Bonchev–Trinajstić information content (AvgIpc) is 2.94. The fraction of sp³-hybridized carbons (Fsp3) is 0.294. The largest absolute Gasteiger partial charge is 0.289 e. The van der Waals surface area contributed by atoms with Crippen LogP contribution in [0.4, 0.5) is 4.39 Å². The van der Waals surface area contributed by atoms with Crippen LogP contribution in [0.1, 0.15) is 17.4 Å². The zero-order valence-electron chi connectivity index (χ0n) is 12.6. The van der Waals surface area contributed by atoms with Crippen molar-refractivity contribution in [3.63, 3.8) is 0 Å². The zero-order chi connectivity index (χ0) is 15.7. The van der Waals surface area contributed by atoms with Gasteiger partial charge >= 0.3 is 0 Å². The lowest BCUT2D eigenvalue weighted by Crippen LogP contribution is -2.23. The van der Waals surface area contributed by atoms with Crippen LogP contribution < -0.4 is 5.56 Å². The lowest BCUT2D eigenvalue weighted by atomic mass is 10.1. The highest BCUT2D eigenvalue weighted by atomic mass is 32.1. The number of aryl methyl sites for hydroxylation is 2. The number of hydrogen-bond donors (Lipinski definition) is 0. The van der Waals surface area contributed by atoms with Crippen LogP contribution >= 0.6 is 11.3 Å². The van der Waals surface area contributed by atoms with Gasteiger partial charge in [0.1, 0.15) is 17.3 Å². The summed E-state index contributed by atoms with van der Waals surface area (Å²) in [7, 11) is 0. The summed E-state index contributed by atoms with van der Waals surface area (Å²) < 4.78 is 14.3. The van der Waals surface area contributed by atoms with Crippen molar-refractivity contribution in [1.29, 1.82) is 0 Å². The molecule has 0 amide bonds. The van der Waals surface area contributed by atoms with Gasteiger partial charge in [-0.2, -0.15) is 0 Å². The minimum absolute atomic E-state index is 0.0300. The second-order valence-corrected chi connectivity index (χ2v) is 6.35. The van der Waals surface area contributed by atoms with Crippen LogP contribution in [0.3, 0.4) is 0 Å². The molecule has 22 heavy (non-hydrogen) atoms. The SMILES string of the molecule is CCc1cc2c(=O)n(CCF)c(-c3ccc(C)cc3)nc2s1. The number of benzene rings is 1. The molecule has 114 valence electrons. The average molecular weight is 316 g/mol. The van der Waals surface area contributed by atoms with Crippen molar-refractivity contribution in [2.24, 2.45) is 0 Å². The number of thiophene rings is 1. The molecule has 0 aliphatic carbocycles. The van der Waals surface area contributed by atoms with Crippen molar-refractivity contribution in [3.05, 3.63) is 51.1 Å². The molecule has 3 aromatic rings. The third-order valence-corrected chi connectivity index (χ3v) is 4.84. The number of alkyl halides is 1. The molecule has 0 N–H and O–H groups in total. The quantitative estimate of drug-likeness (QED) is 0.730. The Morgan fingerprint density at radius 3 is 2.64 bits per heavy atom. The Kier molecular flexibility index (Phi) is 4.07. The van der Waals surface area contributed by atoms with Crippen LogP contribution in [0.2, 0.25) is 0 Å². The predicted octanol–water partition coefficient (Wildman–Crippen LogP) is 3.97. The lowest BCUT2D eigenvalue weighted by Gasteiger charge is -2.11. The summed E-state index contributed by atoms with van der Waals surface area (Å²) in [5.74, 6) is 0.541. The summed E-state index contributed by atoms with van der Waals surface area (Å²) in [6.07, 6.45) is 0.865. The van der Waals surface area contributed by atoms with Crippen LogP contribution in [-0.4, -0.2) is 16.2 Å². The molecule has 0 spiro atoms. The minimum atomic E-state index is -0.587. The number of fused-ring (bicyclic) bond motifs is 1.